The smallest absolute Gasteiger partial charge is 0.346 e. The first-order valence-electron chi connectivity index (χ1n) is 14.4. The van der Waals surface area contributed by atoms with Crippen LogP contribution in [0.25, 0.3) is 0 Å². The molecule has 4 rings (SSSR count). The van der Waals surface area contributed by atoms with Gasteiger partial charge in [0.15, 0.2) is 12.5 Å². The van der Waals surface area contributed by atoms with E-state index in [0.717, 1.165) is 17.7 Å². The number of rotatable bonds is 18. The van der Waals surface area contributed by atoms with Crippen LogP contribution < -0.4 is 5.69 Å². The zero-order valence-corrected chi connectivity index (χ0v) is 30.1. The van der Waals surface area contributed by atoms with E-state index < -0.39 is 80.5 Å². The molecule has 0 bridgehead atoms. The molecule has 2 aromatic rings. The molecule has 0 saturated carbocycles. The van der Waals surface area contributed by atoms with Gasteiger partial charge in [-0.05, 0) is 44.1 Å². The summed E-state index contributed by atoms with van der Waals surface area (Å²) in [6, 6.07) is 11.1. The highest BCUT2D eigenvalue weighted by atomic mass is 32.2. The van der Waals surface area contributed by atoms with Crippen molar-refractivity contribution in [1.29, 1.82) is 0 Å². The molecule has 24 heteroatoms. The molecule has 48 heavy (non-hydrogen) atoms. The van der Waals surface area contributed by atoms with Crippen LogP contribution in [-0.2, 0) is 60.9 Å². The van der Waals surface area contributed by atoms with Gasteiger partial charge in [0.1, 0.15) is 23.3 Å². The summed E-state index contributed by atoms with van der Waals surface area (Å²) in [5, 5.41) is 0.498. The third-order valence-electron chi connectivity index (χ3n) is 6.31. The highest BCUT2D eigenvalue weighted by Gasteiger charge is 2.54. The lowest BCUT2D eigenvalue weighted by Crippen LogP contribution is -2.34. The van der Waals surface area contributed by atoms with Gasteiger partial charge in [0.2, 0.25) is 0 Å². The molecular formula is C24H36N2O17P4S. The number of nitrogens with zero attached hydrogens (tertiary/aromatic N) is 2. The average molecular weight is 781 g/mol. The van der Waals surface area contributed by atoms with Crippen molar-refractivity contribution in [2.45, 2.75) is 82.0 Å². The maximum atomic E-state index is 13.0. The molecule has 2 fully saturated rings. The monoisotopic (exact) mass is 780 g/mol. The van der Waals surface area contributed by atoms with Crippen LogP contribution in [-0.4, -0.2) is 72.2 Å². The van der Waals surface area contributed by atoms with Crippen molar-refractivity contribution >= 4 is 43.1 Å². The third kappa shape index (κ3) is 11.7. The number of fused-ring (bicyclic) bond motifs is 1. The summed E-state index contributed by atoms with van der Waals surface area (Å²) in [6.07, 6.45) is -2.69. The molecule has 6 unspecified atom stereocenters. The Kier molecular flexibility index (Phi) is 13.6. The van der Waals surface area contributed by atoms with Crippen LogP contribution in [0.5, 0.6) is 0 Å². The van der Waals surface area contributed by atoms with E-state index in [0.29, 0.717) is 17.9 Å². The second kappa shape index (κ2) is 16.5. The number of hydrogen-bond acceptors (Lipinski definition) is 15. The zero-order chi connectivity index (χ0) is 35.3. The molecule has 0 spiro atoms. The second-order valence-corrected chi connectivity index (χ2v) is 17.9. The number of phosphoric ester groups is 2. The third-order valence-corrected chi connectivity index (χ3v) is 13.6. The van der Waals surface area contributed by atoms with Crippen LogP contribution in [0.4, 0.5) is 0 Å². The maximum absolute atomic E-state index is 13.0. The van der Waals surface area contributed by atoms with E-state index in [-0.39, 0.29) is 0 Å². The molecule has 9 atom stereocenters. The molecule has 19 nitrogen and oxygen atoms in total. The SMILES string of the molecule is CCCSc1ccn([C@@H]2O[C@H](COP(=O)(O)OP(=O)(O)OP(=O)(O)OP(=O)(O)OC(C)C)[C@@H]3OC(CCc4ccccc4)OC32)c(=O)n1. The Morgan fingerprint density at radius 1 is 0.896 bits per heavy atom. The Morgan fingerprint density at radius 2 is 1.52 bits per heavy atom. The second-order valence-electron chi connectivity index (χ2n) is 10.6. The fraction of sp³-hybridized carbons (Fsp3) is 0.583. The zero-order valence-electron chi connectivity index (χ0n) is 25.7. The Labute approximate surface area is 279 Å². The average Bonchev–Trinajstić information content (AvgIpc) is 3.51. The number of aryl methyl sites for hydroxylation is 1. The van der Waals surface area contributed by atoms with Crippen molar-refractivity contribution in [2.75, 3.05) is 12.4 Å². The van der Waals surface area contributed by atoms with Crippen molar-refractivity contribution in [3.05, 3.63) is 58.6 Å². The number of thioether (sulfide) groups is 1. The van der Waals surface area contributed by atoms with Crippen LogP contribution in [0.2, 0.25) is 0 Å². The molecule has 0 radical (unpaired) electrons. The van der Waals surface area contributed by atoms with Gasteiger partial charge in [-0.2, -0.15) is 17.9 Å². The van der Waals surface area contributed by atoms with E-state index in [1.54, 1.807) is 6.07 Å². The van der Waals surface area contributed by atoms with Crippen LogP contribution in [0.15, 0.2) is 52.4 Å². The first-order chi connectivity index (χ1) is 22.4. The van der Waals surface area contributed by atoms with Gasteiger partial charge in [-0.15, -0.1) is 11.8 Å². The first-order valence-corrected chi connectivity index (χ1v) is 21.3. The van der Waals surface area contributed by atoms with Crippen LogP contribution >= 0.6 is 43.1 Å². The van der Waals surface area contributed by atoms with Gasteiger partial charge in [-0.1, -0.05) is 37.3 Å². The van der Waals surface area contributed by atoms with Gasteiger partial charge in [0.05, 0.1) is 12.7 Å². The number of hydrogen-bond donors (Lipinski definition) is 4. The molecule has 2 saturated heterocycles. The van der Waals surface area contributed by atoms with Crippen molar-refractivity contribution in [3.8, 4) is 0 Å². The molecule has 1 aromatic carbocycles. The molecular weight excluding hydrogens is 744 g/mol. The Bertz CT molecular complexity index is 1650. The van der Waals surface area contributed by atoms with Gasteiger partial charge < -0.3 is 33.8 Å². The van der Waals surface area contributed by atoms with E-state index in [2.05, 4.69) is 22.4 Å². The van der Waals surface area contributed by atoms with Crippen molar-refractivity contribution in [1.82, 2.24) is 9.55 Å². The quantitative estimate of drug-likeness (QED) is 0.0935. The van der Waals surface area contributed by atoms with Crippen molar-refractivity contribution in [3.63, 3.8) is 0 Å². The first kappa shape index (κ1) is 39.7. The topological polar surface area (TPSA) is 258 Å². The van der Waals surface area contributed by atoms with Crippen molar-refractivity contribution in [2.24, 2.45) is 0 Å². The molecule has 4 N–H and O–H groups in total. The largest absolute Gasteiger partial charge is 0.490 e. The molecule has 2 aliphatic rings. The fourth-order valence-corrected chi connectivity index (χ4v) is 10.4. The Hall–Kier alpha value is -1.11. The van der Waals surface area contributed by atoms with Gasteiger partial charge in [0.25, 0.3) is 0 Å². The van der Waals surface area contributed by atoms with Gasteiger partial charge in [0, 0.05) is 12.6 Å². The molecule has 270 valence electrons. The molecule has 0 amide bonds. The lowest BCUT2D eigenvalue weighted by Gasteiger charge is -2.23. The number of benzene rings is 1. The minimum Gasteiger partial charge on any atom is -0.346 e. The number of aromatic nitrogens is 2. The van der Waals surface area contributed by atoms with Gasteiger partial charge in [-0.3, -0.25) is 13.6 Å². The minimum absolute atomic E-state index is 0.399. The maximum Gasteiger partial charge on any atom is 0.490 e. The summed E-state index contributed by atoms with van der Waals surface area (Å²) in [5.74, 6) is 0.743. The number of ether oxygens (including phenoxy) is 3. The van der Waals surface area contributed by atoms with E-state index >= 15 is 0 Å². The van der Waals surface area contributed by atoms with Crippen LogP contribution in [0.1, 0.15) is 45.4 Å². The lowest BCUT2D eigenvalue weighted by atomic mass is 10.1. The van der Waals surface area contributed by atoms with E-state index in [1.165, 1.54) is 36.4 Å². The van der Waals surface area contributed by atoms with E-state index in [9.17, 15) is 42.6 Å². The Balaban J connectivity index is 1.45. The summed E-state index contributed by atoms with van der Waals surface area (Å²) >= 11 is 1.39. The van der Waals surface area contributed by atoms with Crippen LogP contribution in [0.3, 0.4) is 0 Å². The summed E-state index contributed by atoms with van der Waals surface area (Å²) in [5.41, 5.74) is 0.352. The highest BCUT2D eigenvalue weighted by molar-refractivity contribution is 7.99. The van der Waals surface area contributed by atoms with Gasteiger partial charge in [-0.25, -0.2) is 23.1 Å². The molecule has 0 aliphatic carbocycles. The molecule has 1 aromatic heterocycles. The minimum atomic E-state index is -5.98. The predicted octanol–water partition coefficient (Wildman–Crippen LogP) is 4.28. The highest BCUT2D eigenvalue weighted by Crippen LogP contribution is 2.71. The Morgan fingerprint density at radius 3 is 2.15 bits per heavy atom. The van der Waals surface area contributed by atoms with Crippen LogP contribution in [0, 0.1) is 0 Å². The molecule has 3 heterocycles. The molecule has 2 aliphatic heterocycles. The summed E-state index contributed by atoms with van der Waals surface area (Å²) in [4.78, 5) is 56.2. The fourth-order valence-electron chi connectivity index (χ4n) is 4.60. The predicted molar refractivity (Wildman–Crippen MR) is 166 cm³/mol. The van der Waals surface area contributed by atoms with E-state index in [1.807, 2.05) is 37.3 Å². The van der Waals surface area contributed by atoms with Gasteiger partial charge >= 0.3 is 37.0 Å². The normalized spacial score (nSPS) is 27.5. The van der Waals surface area contributed by atoms with Crippen molar-refractivity contribution < 1.29 is 74.0 Å². The summed E-state index contributed by atoms with van der Waals surface area (Å²) < 4.78 is 89.0. The lowest BCUT2D eigenvalue weighted by molar-refractivity contribution is -0.153. The summed E-state index contributed by atoms with van der Waals surface area (Å²) in [6.45, 7) is 3.70. The standard InChI is InChI=1S/C24H36N2O17P4S/c1-4-14-48-19-12-13-26(24(27)25-19)23-22-21(38-20(39-22)11-10-17-8-6-5-7-9-17)18(37-23)15-36-44(28,29)41-46(32,33)43-47(34,35)42-45(30,31)40-16(2)3/h5-9,12-13,16,18,20-23H,4,10-11,14-15H2,1-3H3,(H,28,29)(H,30,31)(H,32,33)(H,34,35)/t18-,20?,21+,22?,23-/m1/s1. The number of phosphoric acid groups is 4. The summed E-state index contributed by atoms with van der Waals surface area (Å²) in [7, 11) is -22.7. The van der Waals surface area contributed by atoms with E-state index in [4.69, 9.17) is 18.7 Å².